The fourth-order valence-corrected chi connectivity index (χ4v) is 0.431. The summed E-state index contributed by atoms with van der Waals surface area (Å²) in [6, 6.07) is 0. The Kier molecular flexibility index (Phi) is 1.34. The predicted molar refractivity (Wildman–Crippen MR) is 31.2 cm³/mol. The van der Waals surface area contributed by atoms with E-state index in [0.717, 1.165) is 0 Å². The van der Waals surface area contributed by atoms with Gasteiger partial charge in [0.05, 0.1) is 0 Å². The van der Waals surface area contributed by atoms with Crippen molar-refractivity contribution in [2.24, 2.45) is 5.92 Å². The van der Waals surface area contributed by atoms with Gasteiger partial charge in [-0.3, -0.25) is 4.79 Å². The van der Waals surface area contributed by atoms with Gasteiger partial charge in [0, 0.05) is 12.8 Å². The summed E-state index contributed by atoms with van der Waals surface area (Å²) in [7, 11) is 0. The molecule has 0 aromatic rings. The van der Waals surface area contributed by atoms with Crippen molar-refractivity contribution in [3.05, 3.63) is 0 Å². The highest BCUT2D eigenvalue weighted by atomic mass is 16.1. The third-order valence-corrected chi connectivity index (χ3v) is 1.03. The summed E-state index contributed by atoms with van der Waals surface area (Å²) < 4.78 is 0. The van der Waals surface area contributed by atoms with E-state index in [1.165, 1.54) is 19.8 Å². The molecule has 1 aliphatic carbocycles. The highest BCUT2D eigenvalue weighted by Crippen LogP contribution is 2.27. The zero-order chi connectivity index (χ0) is 5.98. The molecule has 1 saturated carbocycles. The summed E-state index contributed by atoms with van der Waals surface area (Å²) in [5.74, 6) is 5.91. The molecule has 42 valence electrons. The molecular formula is C7H8O. The first-order valence-corrected chi connectivity index (χ1v) is 2.81. The Morgan fingerprint density at radius 2 is 2.25 bits per heavy atom. The average molecular weight is 108 g/mol. The lowest BCUT2D eigenvalue weighted by Gasteiger charge is -1.69. The van der Waals surface area contributed by atoms with E-state index in [4.69, 9.17) is 0 Å². The van der Waals surface area contributed by atoms with E-state index in [2.05, 4.69) is 11.8 Å². The number of rotatable bonds is 0. The maximum Gasteiger partial charge on any atom is 0.202 e. The molecule has 1 fully saturated rings. The monoisotopic (exact) mass is 108 g/mol. The van der Waals surface area contributed by atoms with E-state index >= 15 is 0 Å². The standard InChI is InChI=1S/C7H8O/c1-6(8)2-3-7-4-5-7/h7H,4-5H2,1H3. The Labute approximate surface area is 49.1 Å². The molecule has 1 nitrogen and oxygen atoms in total. The maximum atomic E-state index is 10.2. The molecule has 0 amide bonds. The Morgan fingerprint density at radius 1 is 1.62 bits per heavy atom. The van der Waals surface area contributed by atoms with Crippen LogP contribution in [-0.4, -0.2) is 5.78 Å². The van der Waals surface area contributed by atoms with Crippen LogP contribution in [-0.2, 0) is 4.79 Å². The summed E-state index contributed by atoms with van der Waals surface area (Å²) in [5, 5.41) is 0. The van der Waals surface area contributed by atoms with Gasteiger partial charge in [-0.15, -0.1) is 0 Å². The van der Waals surface area contributed by atoms with E-state index in [1.54, 1.807) is 0 Å². The molecule has 0 spiro atoms. The third-order valence-electron chi connectivity index (χ3n) is 1.03. The zero-order valence-electron chi connectivity index (χ0n) is 4.90. The van der Waals surface area contributed by atoms with Crippen molar-refractivity contribution < 1.29 is 4.79 Å². The van der Waals surface area contributed by atoms with Gasteiger partial charge in [-0.1, -0.05) is 5.92 Å². The Balaban J connectivity index is 2.34. The van der Waals surface area contributed by atoms with Crippen LogP contribution in [0, 0.1) is 17.8 Å². The first-order valence-electron chi connectivity index (χ1n) is 2.81. The summed E-state index contributed by atoms with van der Waals surface area (Å²) in [4.78, 5) is 10.2. The second kappa shape index (κ2) is 2.00. The van der Waals surface area contributed by atoms with Crippen molar-refractivity contribution in [1.82, 2.24) is 0 Å². The number of hydrogen-bond donors (Lipinski definition) is 0. The Morgan fingerprint density at radius 3 is 2.62 bits per heavy atom. The van der Waals surface area contributed by atoms with E-state index in [-0.39, 0.29) is 5.78 Å². The first kappa shape index (κ1) is 5.37. The predicted octanol–water partition coefficient (Wildman–Crippen LogP) is 0.989. The fraction of sp³-hybridized carbons (Fsp3) is 0.571. The number of Topliss-reactive ketones (excluding diaryl/α,β-unsaturated/α-hetero) is 1. The van der Waals surface area contributed by atoms with Gasteiger partial charge in [-0.05, 0) is 18.8 Å². The minimum absolute atomic E-state index is 0.0168. The second-order valence-corrected chi connectivity index (χ2v) is 2.10. The summed E-state index contributed by atoms with van der Waals surface area (Å²) in [6.45, 7) is 1.50. The number of hydrogen-bond acceptors (Lipinski definition) is 1. The van der Waals surface area contributed by atoms with Gasteiger partial charge < -0.3 is 0 Å². The Hall–Kier alpha value is -0.770. The van der Waals surface area contributed by atoms with Gasteiger partial charge in [-0.25, -0.2) is 0 Å². The van der Waals surface area contributed by atoms with Gasteiger partial charge >= 0.3 is 0 Å². The van der Waals surface area contributed by atoms with Crippen molar-refractivity contribution in [3.8, 4) is 11.8 Å². The van der Waals surface area contributed by atoms with E-state index in [1.807, 2.05) is 0 Å². The second-order valence-electron chi connectivity index (χ2n) is 2.10. The lowest BCUT2D eigenvalue weighted by Crippen LogP contribution is -1.80. The minimum atomic E-state index is -0.0168. The molecule has 0 atom stereocenters. The van der Waals surface area contributed by atoms with Crippen LogP contribution in [0.2, 0.25) is 0 Å². The number of carbonyl (C=O) groups excluding carboxylic acids is 1. The van der Waals surface area contributed by atoms with Crippen LogP contribution in [0.15, 0.2) is 0 Å². The molecule has 0 aromatic carbocycles. The van der Waals surface area contributed by atoms with Crippen LogP contribution in [0.4, 0.5) is 0 Å². The topological polar surface area (TPSA) is 17.1 Å². The third kappa shape index (κ3) is 1.79. The normalized spacial score (nSPS) is 16.6. The van der Waals surface area contributed by atoms with Crippen LogP contribution < -0.4 is 0 Å². The molecule has 0 aromatic heterocycles. The van der Waals surface area contributed by atoms with Gasteiger partial charge in [0.15, 0.2) is 0 Å². The van der Waals surface area contributed by atoms with Crippen molar-refractivity contribution in [2.75, 3.05) is 0 Å². The molecule has 0 unspecified atom stereocenters. The molecule has 1 aliphatic rings. The van der Waals surface area contributed by atoms with E-state index in [0.29, 0.717) is 5.92 Å². The molecule has 0 radical (unpaired) electrons. The van der Waals surface area contributed by atoms with Gasteiger partial charge in [-0.2, -0.15) is 0 Å². The highest BCUT2D eigenvalue weighted by molar-refractivity contribution is 5.93. The zero-order valence-corrected chi connectivity index (χ0v) is 4.90. The van der Waals surface area contributed by atoms with Crippen LogP contribution in [0.3, 0.4) is 0 Å². The van der Waals surface area contributed by atoms with E-state index in [9.17, 15) is 4.79 Å². The van der Waals surface area contributed by atoms with Gasteiger partial charge in [0.2, 0.25) is 5.78 Å². The number of ketones is 1. The molecule has 1 heteroatoms. The van der Waals surface area contributed by atoms with Crippen LogP contribution in [0.1, 0.15) is 19.8 Å². The van der Waals surface area contributed by atoms with Gasteiger partial charge in [0.25, 0.3) is 0 Å². The lowest BCUT2D eigenvalue weighted by atomic mass is 10.4. The SMILES string of the molecule is CC(=O)C#CC1CC1. The largest absolute Gasteiger partial charge is 0.285 e. The highest BCUT2D eigenvalue weighted by Gasteiger charge is 2.17. The van der Waals surface area contributed by atoms with Crippen molar-refractivity contribution in [2.45, 2.75) is 19.8 Å². The summed E-state index contributed by atoms with van der Waals surface area (Å²) >= 11 is 0. The smallest absolute Gasteiger partial charge is 0.202 e. The molecule has 0 aliphatic heterocycles. The molecule has 0 N–H and O–H groups in total. The fourth-order valence-electron chi connectivity index (χ4n) is 0.431. The van der Waals surface area contributed by atoms with Crippen LogP contribution >= 0.6 is 0 Å². The lowest BCUT2D eigenvalue weighted by molar-refractivity contribution is -0.111. The first-order chi connectivity index (χ1) is 3.79. The molecule has 8 heavy (non-hydrogen) atoms. The van der Waals surface area contributed by atoms with Crippen LogP contribution in [0.25, 0.3) is 0 Å². The Bertz CT molecular complexity index is 155. The molecule has 0 saturated heterocycles. The van der Waals surface area contributed by atoms with Crippen molar-refractivity contribution >= 4 is 5.78 Å². The minimum Gasteiger partial charge on any atom is -0.285 e. The van der Waals surface area contributed by atoms with E-state index < -0.39 is 0 Å². The summed E-state index contributed by atoms with van der Waals surface area (Å²) in [6.07, 6.45) is 2.39. The quantitative estimate of drug-likeness (QED) is 0.334. The average Bonchev–Trinajstić information content (AvgIpc) is 2.41. The molecular weight excluding hydrogens is 100 g/mol. The van der Waals surface area contributed by atoms with Crippen LogP contribution in [0.5, 0.6) is 0 Å². The number of carbonyl (C=O) groups is 1. The van der Waals surface area contributed by atoms with Crippen molar-refractivity contribution in [1.29, 1.82) is 0 Å². The molecule has 1 rings (SSSR count). The molecule has 0 bridgehead atoms. The summed E-state index contributed by atoms with van der Waals surface area (Å²) in [5.41, 5.74) is 0. The van der Waals surface area contributed by atoms with Gasteiger partial charge in [0.1, 0.15) is 0 Å². The molecule has 0 heterocycles. The van der Waals surface area contributed by atoms with Crippen molar-refractivity contribution in [3.63, 3.8) is 0 Å². The maximum absolute atomic E-state index is 10.2.